The molecule has 0 aliphatic carbocycles. The predicted molar refractivity (Wildman–Crippen MR) is 282 cm³/mol. The van der Waals surface area contributed by atoms with Crippen LogP contribution in [0.25, 0.3) is 11.1 Å². The lowest BCUT2D eigenvalue weighted by atomic mass is 9.33. The number of allylic oxidation sites excluding steroid dienone is 3. The quantitative estimate of drug-likeness (QED) is 0.0949. The molecule has 0 aromatic heterocycles. The van der Waals surface area contributed by atoms with Gasteiger partial charge in [0.05, 0.1) is 0 Å². The van der Waals surface area contributed by atoms with E-state index in [0.717, 1.165) is 63.1 Å². The average molecular weight is 849 g/mol. The molecule has 0 bridgehead atoms. The summed E-state index contributed by atoms with van der Waals surface area (Å²) in [7, 11) is 0. The van der Waals surface area contributed by atoms with Crippen LogP contribution in [-0.2, 0) is 0 Å². The third kappa shape index (κ3) is 7.25. The maximum Gasteiger partial charge on any atom is 0.252 e. The molecule has 0 fully saturated rings. The van der Waals surface area contributed by atoms with E-state index in [2.05, 4.69) is 282 Å². The summed E-state index contributed by atoms with van der Waals surface area (Å²) in [5.74, 6) is 0. The van der Waals surface area contributed by atoms with Gasteiger partial charge >= 0.3 is 0 Å². The first-order valence-electron chi connectivity index (χ1n) is 23.0. The minimum absolute atomic E-state index is 0.0308. The molecule has 9 aromatic rings. The van der Waals surface area contributed by atoms with E-state index in [1.54, 1.807) is 0 Å². The van der Waals surface area contributed by atoms with Crippen molar-refractivity contribution < 1.29 is 0 Å². The second-order valence-electron chi connectivity index (χ2n) is 16.7. The van der Waals surface area contributed by atoms with Crippen molar-refractivity contribution in [3.8, 4) is 11.1 Å². The lowest BCUT2D eigenvalue weighted by Crippen LogP contribution is -2.61. The van der Waals surface area contributed by atoms with Crippen LogP contribution < -0.4 is 36.0 Å². The highest BCUT2D eigenvalue weighted by Gasteiger charge is 2.43. The highest BCUT2D eigenvalue weighted by Crippen LogP contribution is 2.45. The molecular weight excluding hydrogens is 800 g/mol. The molecule has 0 radical (unpaired) electrons. The Labute approximate surface area is 389 Å². The molecule has 11 rings (SSSR count). The first kappa shape index (κ1) is 40.5. The number of rotatable bonds is 11. The molecule has 0 amide bonds. The van der Waals surface area contributed by atoms with Gasteiger partial charge in [-0.2, -0.15) is 0 Å². The van der Waals surface area contributed by atoms with Crippen LogP contribution in [0.3, 0.4) is 0 Å². The highest BCUT2D eigenvalue weighted by atomic mass is 15.2. The lowest BCUT2D eigenvalue weighted by Gasteiger charge is -2.44. The predicted octanol–water partition coefficient (Wildman–Crippen LogP) is 14.9. The summed E-state index contributed by atoms with van der Waals surface area (Å²) in [6.07, 6.45) is 7.72. The van der Waals surface area contributed by atoms with E-state index >= 15 is 0 Å². The van der Waals surface area contributed by atoms with Gasteiger partial charge in [0.15, 0.2) is 0 Å². The van der Waals surface area contributed by atoms with E-state index in [9.17, 15) is 0 Å². The summed E-state index contributed by atoms with van der Waals surface area (Å²) in [5, 5.41) is 0. The van der Waals surface area contributed by atoms with Crippen LogP contribution in [0, 0.1) is 0 Å². The maximum atomic E-state index is 2.50. The normalized spacial score (nSPS) is 12.7. The molecular formula is C61H49BN4. The number of hydrogen-bond donors (Lipinski definition) is 0. The second-order valence-corrected chi connectivity index (χ2v) is 16.7. The number of nitrogens with zero attached hydrogens (tertiary/aromatic N) is 4. The monoisotopic (exact) mass is 848 g/mol. The number of hydrogen-bond acceptors (Lipinski definition) is 4. The number of para-hydroxylation sites is 5. The van der Waals surface area contributed by atoms with Crippen LogP contribution in [0.5, 0.6) is 0 Å². The van der Waals surface area contributed by atoms with Crippen molar-refractivity contribution in [1.29, 1.82) is 0 Å². The van der Waals surface area contributed by atoms with Crippen LogP contribution in [0.15, 0.2) is 254 Å². The van der Waals surface area contributed by atoms with Crippen molar-refractivity contribution in [2.75, 3.05) is 19.6 Å². The first-order chi connectivity index (χ1) is 32.7. The molecule has 2 heterocycles. The van der Waals surface area contributed by atoms with Crippen molar-refractivity contribution in [2.24, 2.45) is 0 Å². The molecule has 2 aliphatic heterocycles. The molecule has 2 aliphatic rings. The van der Waals surface area contributed by atoms with E-state index < -0.39 is 0 Å². The molecule has 0 N–H and O–H groups in total. The Morgan fingerprint density at radius 1 is 0.439 bits per heavy atom. The Morgan fingerprint density at radius 2 is 0.894 bits per heavy atom. The van der Waals surface area contributed by atoms with Crippen LogP contribution in [0.4, 0.5) is 62.6 Å². The van der Waals surface area contributed by atoms with Crippen molar-refractivity contribution in [3.05, 3.63) is 254 Å². The average Bonchev–Trinajstić information content (AvgIpc) is 3.39. The van der Waals surface area contributed by atoms with Crippen LogP contribution in [0.1, 0.15) is 20.3 Å². The highest BCUT2D eigenvalue weighted by molar-refractivity contribution is 7.00. The summed E-state index contributed by atoms with van der Waals surface area (Å²) in [6, 6.07) is 83.5. The molecule has 316 valence electrons. The van der Waals surface area contributed by atoms with Crippen molar-refractivity contribution in [1.82, 2.24) is 0 Å². The smallest absolute Gasteiger partial charge is 0.252 e. The van der Waals surface area contributed by atoms with E-state index in [4.69, 9.17) is 0 Å². The Kier molecular flexibility index (Phi) is 10.9. The molecule has 9 aromatic carbocycles. The Morgan fingerprint density at radius 3 is 1.45 bits per heavy atom. The van der Waals surface area contributed by atoms with Gasteiger partial charge in [0.2, 0.25) is 0 Å². The van der Waals surface area contributed by atoms with Crippen LogP contribution >= 0.6 is 0 Å². The topological polar surface area (TPSA) is 13.0 Å². The molecule has 0 spiro atoms. The standard InChI is InChI=1S/C61H49BN4/c1-3-5-21-47(4-2)65-57-31-19-18-30-55(57)62-56-43-42-54(64(50-26-14-8-15-27-50)51-28-16-9-17-29-51)44-60(56)66(59-33-20-32-58(65)61(59)62)53-40-36-46(37-41-53)45-34-38-52(39-35-45)63(48-22-10-6-11-23-48)49-24-12-7-13-25-49/h4-44H,3H2,1-2H3/b21-5-,47-4+. The molecule has 0 saturated heterocycles. The Balaban J connectivity index is 1.05. The minimum atomic E-state index is 0.0308. The number of fused-ring (bicyclic) bond motifs is 4. The van der Waals surface area contributed by atoms with E-state index in [1.165, 1.54) is 39.1 Å². The van der Waals surface area contributed by atoms with Gasteiger partial charge in [-0.3, -0.25) is 0 Å². The molecule has 4 nitrogen and oxygen atoms in total. The summed E-state index contributed by atoms with van der Waals surface area (Å²) >= 11 is 0. The largest absolute Gasteiger partial charge is 0.312 e. The summed E-state index contributed by atoms with van der Waals surface area (Å²) in [6.45, 7) is 4.37. The van der Waals surface area contributed by atoms with Crippen LogP contribution in [-0.4, -0.2) is 6.71 Å². The van der Waals surface area contributed by atoms with Crippen LogP contribution in [0.2, 0.25) is 0 Å². The minimum Gasteiger partial charge on any atom is -0.312 e. The summed E-state index contributed by atoms with van der Waals surface area (Å²) in [5.41, 5.74) is 19.9. The SMILES string of the molecule is C/C=C(\C=C/CC)N1c2ccccc2B2c3ccc(N(c4ccccc4)c4ccccc4)cc3N(c3ccc(-c4ccc(N(c5ccccc5)c5ccccc5)cc4)cc3)c3cccc1c32. The van der Waals surface area contributed by atoms with E-state index in [-0.39, 0.29) is 6.71 Å². The van der Waals surface area contributed by atoms with Crippen molar-refractivity contribution >= 4 is 85.7 Å². The Hall–Kier alpha value is -8.28. The maximum absolute atomic E-state index is 2.50. The fourth-order valence-corrected chi connectivity index (χ4v) is 9.91. The van der Waals surface area contributed by atoms with Gasteiger partial charge in [-0.1, -0.05) is 146 Å². The molecule has 0 atom stereocenters. The lowest BCUT2D eigenvalue weighted by molar-refractivity contribution is 1.17. The zero-order valence-corrected chi connectivity index (χ0v) is 37.2. The van der Waals surface area contributed by atoms with Gasteiger partial charge in [-0.15, -0.1) is 0 Å². The van der Waals surface area contributed by atoms with Gasteiger partial charge in [0.25, 0.3) is 6.71 Å². The zero-order valence-electron chi connectivity index (χ0n) is 37.2. The molecule has 66 heavy (non-hydrogen) atoms. The van der Waals surface area contributed by atoms with Gasteiger partial charge in [-0.25, -0.2) is 0 Å². The molecule has 0 saturated carbocycles. The van der Waals surface area contributed by atoms with Gasteiger partial charge < -0.3 is 19.6 Å². The fraction of sp³-hybridized carbons (Fsp3) is 0.0492. The number of benzene rings is 9. The third-order valence-electron chi connectivity index (χ3n) is 12.9. The van der Waals surface area contributed by atoms with Gasteiger partial charge in [-0.05, 0) is 150 Å². The van der Waals surface area contributed by atoms with E-state index in [1.807, 2.05) is 0 Å². The molecule has 0 unspecified atom stereocenters. The number of anilines is 11. The second kappa shape index (κ2) is 17.7. The fourth-order valence-electron chi connectivity index (χ4n) is 9.91. The van der Waals surface area contributed by atoms with Gasteiger partial charge in [0, 0.05) is 68.3 Å². The Bertz CT molecular complexity index is 3110. The summed E-state index contributed by atoms with van der Waals surface area (Å²) < 4.78 is 0. The summed E-state index contributed by atoms with van der Waals surface area (Å²) in [4.78, 5) is 9.63. The first-order valence-corrected chi connectivity index (χ1v) is 23.0. The zero-order chi connectivity index (χ0) is 44.4. The van der Waals surface area contributed by atoms with Crippen molar-refractivity contribution in [2.45, 2.75) is 20.3 Å². The molecule has 5 heteroatoms. The van der Waals surface area contributed by atoms with Gasteiger partial charge in [0.1, 0.15) is 0 Å². The van der Waals surface area contributed by atoms with Crippen molar-refractivity contribution in [3.63, 3.8) is 0 Å². The third-order valence-corrected chi connectivity index (χ3v) is 12.9. The van der Waals surface area contributed by atoms with E-state index in [0.29, 0.717) is 0 Å².